The fourth-order valence-corrected chi connectivity index (χ4v) is 4.16. The Balaban J connectivity index is 1.93. The van der Waals surface area contributed by atoms with Crippen molar-refractivity contribution in [1.82, 2.24) is 9.88 Å². The number of halogens is 1. The molecule has 2 N–H and O–H groups in total. The first-order valence-electron chi connectivity index (χ1n) is 10.2. The number of aliphatic hydroxyl groups is 1. The Morgan fingerprint density at radius 1 is 1.23 bits per heavy atom. The van der Waals surface area contributed by atoms with Gasteiger partial charge in [-0.3, -0.25) is 4.79 Å². The number of rotatable bonds is 9. The van der Waals surface area contributed by atoms with E-state index >= 15 is 0 Å². The fraction of sp³-hybridized carbons (Fsp3) is 0.375. The van der Waals surface area contributed by atoms with Crippen LogP contribution >= 0.6 is 15.9 Å². The summed E-state index contributed by atoms with van der Waals surface area (Å²) in [7, 11) is 1.68. The van der Waals surface area contributed by atoms with Crippen molar-refractivity contribution in [3.05, 3.63) is 63.8 Å². The zero-order valence-electron chi connectivity index (χ0n) is 17.7. The molecule has 5 nitrogen and oxygen atoms in total. The van der Waals surface area contributed by atoms with Crippen LogP contribution < -0.4 is 10.1 Å². The molecule has 0 saturated carbocycles. The van der Waals surface area contributed by atoms with E-state index in [1.807, 2.05) is 6.07 Å². The van der Waals surface area contributed by atoms with E-state index in [9.17, 15) is 4.79 Å². The molecule has 0 aliphatic rings. The summed E-state index contributed by atoms with van der Waals surface area (Å²) in [6, 6.07) is 14.6. The maximum absolute atomic E-state index is 12.1. The number of nitrogens with one attached hydrogen (secondary N) is 1. The third-order valence-electron chi connectivity index (χ3n) is 5.44. The third-order valence-corrected chi connectivity index (χ3v) is 5.96. The average molecular weight is 473 g/mol. The minimum Gasteiger partial charge on any atom is -0.497 e. The monoisotopic (exact) mass is 472 g/mol. The number of aliphatic hydroxyl groups excluding tert-OH is 1. The first kappa shape index (κ1) is 22.4. The Morgan fingerprint density at radius 2 is 1.97 bits per heavy atom. The number of fused-ring (bicyclic) bond motifs is 1. The van der Waals surface area contributed by atoms with E-state index in [1.165, 1.54) is 27.7 Å². The highest BCUT2D eigenvalue weighted by molar-refractivity contribution is 9.10. The van der Waals surface area contributed by atoms with E-state index in [0.717, 1.165) is 23.2 Å². The lowest BCUT2D eigenvalue weighted by atomic mass is 9.95. The Hall–Kier alpha value is -2.31. The van der Waals surface area contributed by atoms with Crippen molar-refractivity contribution < 1.29 is 14.6 Å². The van der Waals surface area contributed by atoms with E-state index < -0.39 is 0 Å². The Labute approximate surface area is 186 Å². The van der Waals surface area contributed by atoms with Crippen LogP contribution in [0.4, 0.5) is 0 Å². The van der Waals surface area contributed by atoms with Gasteiger partial charge in [-0.2, -0.15) is 0 Å². The van der Waals surface area contributed by atoms with Crippen LogP contribution in [0.2, 0.25) is 0 Å². The molecule has 1 amide bonds. The number of carbonyl (C=O) groups excluding carboxylic acids is 1. The van der Waals surface area contributed by atoms with Crippen LogP contribution in [0.5, 0.6) is 5.75 Å². The summed E-state index contributed by atoms with van der Waals surface area (Å²) >= 11 is 3.50. The second-order valence-corrected chi connectivity index (χ2v) is 8.66. The van der Waals surface area contributed by atoms with Crippen LogP contribution in [0, 0.1) is 12.8 Å². The van der Waals surface area contributed by atoms with Gasteiger partial charge in [-0.05, 0) is 60.7 Å². The Bertz CT molecular complexity index is 1010. The van der Waals surface area contributed by atoms with Crippen LogP contribution in [-0.4, -0.2) is 35.8 Å². The second kappa shape index (κ2) is 10.1. The zero-order chi connectivity index (χ0) is 21.7. The third kappa shape index (κ3) is 5.24. The first-order valence-corrected chi connectivity index (χ1v) is 11.0. The number of amides is 1. The highest BCUT2D eigenvalue weighted by Gasteiger charge is 2.19. The molecule has 1 heterocycles. The lowest BCUT2D eigenvalue weighted by Gasteiger charge is -2.13. The van der Waals surface area contributed by atoms with Crippen molar-refractivity contribution in [2.24, 2.45) is 5.92 Å². The molecule has 0 aliphatic heterocycles. The number of nitrogens with zero attached hydrogens (tertiary/aromatic N) is 1. The molecule has 160 valence electrons. The maximum Gasteiger partial charge on any atom is 0.220 e. The summed E-state index contributed by atoms with van der Waals surface area (Å²) in [5.74, 6) is 0.989. The van der Waals surface area contributed by atoms with Gasteiger partial charge in [0.2, 0.25) is 5.91 Å². The van der Waals surface area contributed by atoms with Gasteiger partial charge in [-0.1, -0.05) is 35.0 Å². The van der Waals surface area contributed by atoms with Gasteiger partial charge in [0.1, 0.15) is 5.75 Å². The molecule has 3 rings (SSSR count). The summed E-state index contributed by atoms with van der Waals surface area (Å²) in [5.41, 5.74) is 4.87. The minimum atomic E-state index is -0.0391. The summed E-state index contributed by atoms with van der Waals surface area (Å²) in [4.78, 5) is 12.1. The van der Waals surface area contributed by atoms with E-state index in [0.29, 0.717) is 13.0 Å². The maximum atomic E-state index is 12.1. The van der Waals surface area contributed by atoms with Gasteiger partial charge in [0.25, 0.3) is 0 Å². The molecule has 0 aliphatic carbocycles. The van der Waals surface area contributed by atoms with Gasteiger partial charge in [0.05, 0.1) is 13.7 Å². The van der Waals surface area contributed by atoms with Crippen molar-refractivity contribution in [1.29, 1.82) is 0 Å². The van der Waals surface area contributed by atoms with Gasteiger partial charge in [0.15, 0.2) is 0 Å². The molecule has 0 bridgehead atoms. The van der Waals surface area contributed by atoms with Gasteiger partial charge < -0.3 is 19.7 Å². The molecule has 30 heavy (non-hydrogen) atoms. The average Bonchev–Trinajstić information content (AvgIpc) is 2.98. The van der Waals surface area contributed by atoms with Crippen LogP contribution in [0.15, 0.2) is 46.9 Å². The van der Waals surface area contributed by atoms with Crippen LogP contribution in [0.1, 0.15) is 30.2 Å². The van der Waals surface area contributed by atoms with Crippen LogP contribution in [-0.2, 0) is 17.8 Å². The molecule has 1 atom stereocenters. The van der Waals surface area contributed by atoms with Gasteiger partial charge in [0, 0.05) is 40.6 Å². The number of methoxy groups -OCH3 is 1. The smallest absolute Gasteiger partial charge is 0.220 e. The van der Waals surface area contributed by atoms with Crippen molar-refractivity contribution >= 4 is 32.7 Å². The summed E-state index contributed by atoms with van der Waals surface area (Å²) < 4.78 is 8.88. The fourth-order valence-electron chi connectivity index (χ4n) is 3.90. The number of benzene rings is 2. The molecule has 6 heteroatoms. The number of hydrogen-bond acceptors (Lipinski definition) is 3. The van der Waals surface area contributed by atoms with E-state index in [4.69, 9.17) is 9.84 Å². The van der Waals surface area contributed by atoms with Gasteiger partial charge in [-0.25, -0.2) is 0 Å². The van der Waals surface area contributed by atoms with E-state index in [2.05, 4.69) is 76.1 Å². The Kier molecular flexibility index (Phi) is 7.56. The summed E-state index contributed by atoms with van der Waals surface area (Å²) in [5, 5.41) is 12.8. The molecule has 0 saturated heterocycles. The highest BCUT2D eigenvalue weighted by Crippen LogP contribution is 2.32. The van der Waals surface area contributed by atoms with Crippen LogP contribution in [0.25, 0.3) is 10.9 Å². The molecule has 3 aromatic rings. The van der Waals surface area contributed by atoms with Gasteiger partial charge >= 0.3 is 0 Å². The predicted molar refractivity (Wildman–Crippen MR) is 124 cm³/mol. The lowest BCUT2D eigenvalue weighted by molar-refractivity contribution is -0.122. The largest absolute Gasteiger partial charge is 0.497 e. The molecule has 0 spiro atoms. The van der Waals surface area contributed by atoms with Crippen LogP contribution in [0.3, 0.4) is 0 Å². The molecule has 2 aromatic carbocycles. The number of ether oxygens (including phenoxy) is 1. The number of hydrogen-bond donors (Lipinski definition) is 2. The van der Waals surface area contributed by atoms with Crippen molar-refractivity contribution in [2.75, 3.05) is 20.3 Å². The molecule has 1 unspecified atom stereocenters. The second-order valence-electron chi connectivity index (χ2n) is 7.75. The van der Waals surface area contributed by atoms with E-state index in [-0.39, 0.29) is 18.4 Å². The summed E-state index contributed by atoms with van der Waals surface area (Å²) in [6.07, 6.45) is 1.23. The van der Waals surface area contributed by atoms with Crippen molar-refractivity contribution in [2.45, 2.75) is 33.2 Å². The molecular weight excluding hydrogens is 444 g/mol. The standard InChI is InChI=1S/C24H29BrN2O3/c1-16(13-24(29)26-10-11-28)12-21-17(2)27(15-18-4-6-19(25)7-5-18)23-9-8-20(30-3)14-22(21)23/h4-9,14,16,28H,10-13,15H2,1-3H3,(H,26,29). The molecule has 1 aromatic heterocycles. The minimum absolute atomic E-state index is 0.0228. The number of carbonyl (C=O) groups is 1. The summed E-state index contributed by atoms with van der Waals surface area (Å²) in [6.45, 7) is 5.29. The lowest BCUT2D eigenvalue weighted by Crippen LogP contribution is -2.28. The van der Waals surface area contributed by atoms with Crippen molar-refractivity contribution in [3.63, 3.8) is 0 Å². The van der Waals surface area contributed by atoms with Crippen molar-refractivity contribution in [3.8, 4) is 5.75 Å². The zero-order valence-corrected chi connectivity index (χ0v) is 19.3. The SMILES string of the molecule is COc1ccc2c(c1)c(CC(C)CC(=O)NCCO)c(C)n2Cc1ccc(Br)cc1. The predicted octanol–water partition coefficient (Wildman–Crippen LogP) is 4.45. The number of aromatic nitrogens is 1. The highest BCUT2D eigenvalue weighted by atomic mass is 79.9. The normalized spacial score (nSPS) is 12.2. The van der Waals surface area contributed by atoms with Gasteiger partial charge in [-0.15, -0.1) is 0 Å². The molecule has 0 fully saturated rings. The Morgan fingerprint density at radius 3 is 2.63 bits per heavy atom. The quantitative estimate of drug-likeness (QED) is 0.483. The first-order chi connectivity index (χ1) is 14.4. The van der Waals surface area contributed by atoms with E-state index in [1.54, 1.807) is 7.11 Å². The topological polar surface area (TPSA) is 63.5 Å². The molecular formula is C24H29BrN2O3. The molecule has 0 radical (unpaired) electrons.